The first-order chi connectivity index (χ1) is 12.0. The zero-order valence-corrected chi connectivity index (χ0v) is 14.5. The number of carbonyl (C=O) groups excluding carboxylic acids is 1. The van der Waals surface area contributed by atoms with E-state index in [2.05, 4.69) is 0 Å². The third-order valence-corrected chi connectivity index (χ3v) is 5.05. The average Bonchev–Trinajstić information content (AvgIpc) is 3.13. The molecular weight excluding hydrogens is 322 g/mol. The molecule has 2 fully saturated rings. The zero-order valence-electron chi connectivity index (χ0n) is 14.5. The number of ether oxygens (including phenoxy) is 2. The lowest BCUT2D eigenvalue weighted by Gasteiger charge is -2.36. The van der Waals surface area contributed by atoms with Gasteiger partial charge >= 0.3 is 5.97 Å². The van der Waals surface area contributed by atoms with Crippen molar-refractivity contribution in [2.45, 2.75) is 44.8 Å². The van der Waals surface area contributed by atoms with Crippen LogP contribution in [0.5, 0.6) is 5.75 Å². The largest absolute Gasteiger partial charge is 0.491 e. The van der Waals surface area contributed by atoms with Crippen LogP contribution in [0.1, 0.15) is 43.0 Å². The van der Waals surface area contributed by atoms with Gasteiger partial charge in [-0.3, -0.25) is 9.59 Å². The Balaban J connectivity index is 1.60. The Morgan fingerprint density at radius 3 is 2.64 bits per heavy atom. The van der Waals surface area contributed by atoms with E-state index in [0.717, 1.165) is 19.4 Å². The molecule has 136 valence electrons. The number of nitrogens with zero attached hydrogens (tertiary/aromatic N) is 1. The smallest absolute Gasteiger partial charge is 0.308 e. The SMILES string of the molecule is CC1CCC(C(=O)O)CN1C(=O)c1ccc(OCC2CCCO2)cc1. The molecule has 6 heteroatoms. The fourth-order valence-corrected chi connectivity index (χ4v) is 3.42. The molecule has 0 bridgehead atoms. The molecule has 6 nitrogen and oxygen atoms in total. The highest BCUT2D eigenvalue weighted by molar-refractivity contribution is 5.95. The maximum absolute atomic E-state index is 12.7. The summed E-state index contributed by atoms with van der Waals surface area (Å²) in [6.45, 7) is 3.56. The average molecular weight is 347 g/mol. The normalized spacial score (nSPS) is 26.4. The number of likely N-dealkylation sites (tertiary alicyclic amines) is 1. The van der Waals surface area contributed by atoms with Crippen molar-refractivity contribution < 1.29 is 24.2 Å². The van der Waals surface area contributed by atoms with Crippen LogP contribution in [0.15, 0.2) is 24.3 Å². The number of hydrogen-bond acceptors (Lipinski definition) is 4. The minimum absolute atomic E-state index is 0.0542. The van der Waals surface area contributed by atoms with Crippen molar-refractivity contribution in [2.75, 3.05) is 19.8 Å². The van der Waals surface area contributed by atoms with E-state index in [-0.39, 0.29) is 24.6 Å². The summed E-state index contributed by atoms with van der Waals surface area (Å²) in [5.41, 5.74) is 0.558. The Morgan fingerprint density at radius 2 is 2.00 bits per heavy atom. The third kappa shape index (κ3) is 4.31. The van der Waals surface area contributed by atoms with Gasteiger partial charge in [-0.25, -0.2) is 0 Å². The topological polar surface area (TPSA) is 76.1 Å². The zero-order chi connectivity index (χ0) is 17.8. The van der Waals surface area contributed by atoms with Gasteiger partial charge in [0.1, 0.15) is 12.4 Å². The number of hydrogen-bond donors (Lipinski definition) is 1. The van der Waals surface area contributed by atoms with E-state index in [0.29, 0.717) is 30.8 Å². The van der Waals surface area contributed by atoms with Crippen LogP contribution >= 0.6 is 0 Å². The molecule has 1 aromatic rings. The molecule has 2 aliphatic heterocycles. The monoisotopic (exact) mass is 347 g/mol. The Bertz CT molecular complexity index is 609. The third-order valence-electron chi connectivity index (χ3n) is 5.05. The summed E-state index contributed by atoms with van der Waals surface area (Å²) < 4.78 is 11.2. The highest BCUT2D eigenvalue weighted by Crippen LogP contribution is 2.25. The van der Waals surface area contributed by atoms with E-state index in [1.54, 1.807) is 29.2 Å². The maximum atomic E-state index is 12.7. The fourth-order valence-electron chi connectivity index (χ4n) is 3.42. The standard InChI is InChI=1S/C19H25NO5/c1-13-4-5-15(19(22)23)11-20(13)18(21)14-6-8-16(9-7-14)25-12-17-3-2-10-24-17/h6-9,13,15,17H,2-5,10-12H2,1H3,(H,22,23). The lowest BCUT2D eigenvalue weighted by Crippen LogP contribution is -2.47. The molecule has 3 atom stereocenters. The minimum Gasteiger partial charge on any atom is -0.491 e. The highest BCUT2D eigenvalue weighted by Gasteiger charge is 2.32. The predicted molar refractivity (Wildman–Crippen MR) is 91.8 cm³/mol. The maximum Gasteiger partial charge on any atom is 0.308 e. The van der Waals surface area contributed by atoms with Gasteiger partial charge < -0.3 is 19.5 Å². The molecule has 2 saturated heterocycles. The summed E-state index contributed by atoms with van der Waals surface area (Å²) in [6.07, 6.45) is 3.59. The van der Waals surface area contributed by atoms with Gasteiger partial charge in [0.2, 0.25) is 0 Å². The van der Waals surface area contributed by atoms with Crippen LogP contribution in [0.4, 0.5) is 0 Å². The van der Waals surface area contributed by atoms with E-state index < -0.39 is 11.9 Å². The van der Waals surface area contributed by atoms with Gasteiger partial charge in [-0.15, -0.1) is 0 Å². The molecular formula is C19H25NO5. The highest BCUT2D eigenvalue weighted by atomic mass is 16.5. The molecule has 0 aliphatic carbocycles. The van der Waals surface area contributed by atoms with Gasteiger partial charge in [-0.05, 0) is 56.9 Å². The van der Waals surface area contributed by atoms with E-state index in [9.17, 15) is 14.7 Å². The molecule has 0 saturated carbocycles. The molecule has 1 amide bonds. The van der Waals surface area contributed by atoms with Crippen molar-refractivity contribution in [2.24, 2.45) is 5.92 Å². The van der Waals surface area contributed by atoms with Crippen LogP contribution in [0.25, 0.3) is 0 Å². The van der Waals surface area contributed by atoms with Crippen molar-refractivity contribution in [1.29, 1.82) is 0 Å². The Hall–Kier alpha value is -2.08. The summed E-state index contributed by atoms with van der Waals surface area (Å²) in [4.78, 5) is 25.6. The molecule has 0 aromatic heterocycles. The molecule has 2 aliphatic rings. The Morgan fingerprint density at radius 1 is 1.24 bits per heavy atom. The molecule has 1 N–H and O–H groups in total. The van der Waals surface area contributed by atoms with Crippen LogP contribution in [-0.2, 0) is 9.53 Å². The predicted octanol–water partition coefficient (Wildman–Crippen LogP) is 2.57. The van der Waals surface area contributed by atoms with E-state index in [1.807, 2.05) is 6.92 Å². The van der Waals surface area contributed by atoms with Gasteiger partial charge in [0, 0.05) is 24.8 Å². The van der Waals surface area contributed by atoms with Gasteiger partial charge in [0.15, 0.2) is 0 Å². The first kappa shape index (κ1) is 17.7. The second-order valence-corrected chi connectivity index (χ2v) is 6.89. The Labute approximate surface area is 147 Å². The van der Waals surface area contributed by atoms with E-state index in [4.69, 9.17) is 9.47 Å². The van der Waals surface area contributed by atoms with Crippen molar-refractivity contribution in [3.63, 3.8) is 0 Å². The Kier molecular flexibility index (Phi) is 5.58. The van der Waals surface area contributed by atoms with Crippen LogP contribution < -0.4 is 4.74 Å². The molecule has 0 spiro atoms. The summed E-state index contributed by atoms with van der Waals surface area (Å²) in [7, 11) is 0. The quantitative estimate of drug-likeness (QED) is 0.886. The van der Waals surface area contributed by atoms with Crippen LogP contribution in [0.2, 0.25) is 0 Å². The number of carbonyl (C=O) groups is 2. The van der Waals surface area contributed by atoms with Crippen molar-refractivity contribution in [3.8, 4) is 5.75 Å². The number of carboxylic acid groups (broad SMARTS) is 1. The van der Waals surface area contributed by atoms with Crippen molar-refractivity contribution in [1.82, 2.24) is 4.90 Å². The fraction of sp³-hybridized carbons (Fsp3) is 0.579. The molecule has 25 heavy (non-hydrogen) atoms. The molecule has 2 heterocycles. The molecule has 1 aromatic carbocycles. The summed E-state index contributed by atoms with van der Waals surface area (Å²) >= 11 is 0. The lowest BCUT2D eigenvalue weighted by atomic mass is 9.93. The number of amides is 1. The number of benzene rings is 1. The van der Waals surface area contributed by atoms with Gasteiger partial charge in [-0.2, -0.15) is 0 Å². The lowest BCUT2D eigenvalue weighted by molar-refractivity contribution is -0.143. The molecule has 3 unspecified atom stereocenters. The van der Waals surface area contributed by atoms with E-state index >= 15 is 0 Å². The first-order valence-electron chi connectivity index (χ1n) is 8.93. The van der Waals surface area contributed by atoms with Gasteiger partial charge in [0.25, 0.3) is 5.91 Å². The summed E-state index contributed by atoms with van der Waals surface area (Å²) in [6, 6.07) is 7.10. The number of carboxylic acids is 1. The number of aliphatic carboxylic acids is 1. The first-order valence-corrected chi connectivity index (χ1v) is 8.93. The summed E-state index contributed by atoms with van der Waals surface area (Å²) in [5, 5.41) is 9.22. The number of piperidine rings is 1. The van der Waals surface area contributed by atoms with Crippen LogP contribution in [0, 0.1) is 5.92 Å². The second-order valence-electron chi connectivity index (χ2n) is 6.89. The van der Waals surface area contributed by atoms with Gasteiger partial charge in [-0.1, -0.05) is 0 Å². The minimum atomic E-state index is -0.831. The van der Waals surface area contributed by atoms with Crippen LogP contribution in [-0.4, -0.2) is 53.8 Å². The van der Waals surface area contributed by atoms with E-state index in [1.165, 1.54) is 0 Å². The second kappa shape index (κ2) is 7.87. The van der Waals surface area contributed by atoms with Crippen molar-refractivity contribution in [3.05, 3.63) is 29.8 Å². The summed E-state index contributed by atoms with van der Waals surface area (Å²) in [5.74, 6) is -0.719. The molecule has 3 rings (SSSR count). The molecule has 0 radical (unpaired) electrons. The van der Waals surface area contributed by atoms with Crippen LogP contribution in [0.3, 0.4) is 0 Å². The van der Waals surface area contributed by atoms with Gasteiger partial charge in [0.05, 0.1) is 12.0 Å². The number of rotatable bonds is 5. The van der Waals surface area contributed by atoms with Crippen molar-refractivity contribution >= 4 is 11.9 Å².